The van der Waals surface area contributed by atoms with Crippen LogP contribution >= 0.6 is 0 Å². The van der Waals surface area contributed by atoms with Crippen LogP contribution in [0.4, 0.5) is 0 Å². The average molecular weight is 298 g/mol. The van der Waals surface area contributed by atoms with Gasteiger partial charge in [0.25, 0.3) is 0 Å². The fourth-order valence-corrected chi connectivity index (χ4v) is 3.25. The molecule has 4 saturated heterocycles. The maximum absolute atomic E-state index is 11.2. The second-order valence-electron chi connectivity index (χ2n) is 5.89. The molecular formula is C14H26N4O3. The summed E-state index contributed by atoms with van der Waals surface area (Å²) >= 11 is 0. The van der Waals surface area contributed by atoms with E-state index in [1.54, 1.807) is 0 Å². The number of hydrogen-bond donors (Lipinski definition) is 2. The molecule has 0 aromatic carbocycles. The van der Waals surface area contributed by atoms with Gasteiger partial charge >= 0.3 is 0 Å². The van der Waals surface area contributed by atoms with Gasteiger partial charge in [0.15, 0.2) is 0 Å². The molecule has 0 aromatic heterocycles. The molecule has 4 fully saturated rings. The van der Waals surface area contributed by atoms with Crippen LogP contribution in [0, 0.1) is 0 Å². The summed E-state index contributed by atoms with van der Waals surface area (Å²) in [7, 11) is 0. The lowest BCUT2D eigenvalue weighted by Crippen LogP contribution is -2.59. The molecule has 0 aromatic rings. The number of amides is 1. The Hall–Kier alpha value is -0.730. The average Bonchev–Trinajstić information content (AvgIpc) is 2.56. The van der Waals surface area contributed by atoms with E-state index in [0.29, 0.717) is 12.6 Å². The highest BCUT2D eigenvalue weighted by molar-refractivity contribution is 5.82. The highest BCUT2D eigenvalue weighted by atomic mass is 16.5. The maximum atomic E-state index is 11.2. The predicted molar refractivity (Wildman–Crippen MR) is 78.2 cm³/mol. The van der Waals surface area contributed by atoms with Crippen LogP contribution in [0.25, 0.3) is 0 Å². The summed E-state index contributed by atoms with van der Waals surface area (Å²) < 4.78 is 10.6. The van der Waals surface area contributed by atoms with Crippen molar-refractivity contribution in [1.29, 1.82) is 0 Å². The van der Waals surface area contributed by atoms with Crippen LogP contribution in [0.1, 0.15) is 0 Å². The van der Waals surface area contributed by atoms with Gasteiger partial charge in [-0.3, -0.25) is 14.6 Å². The van der Waals surface area contributed by atoms with Gasteiger partial charge in [0.1, 0.15) is 6.04 Å². The summed E-state index contributed by atoms with van der Waals surface area (Å²) in [5, 5.41) is 6.18. The summed E-state index contributed by atoms with van der Waals surface area (Å²) in [6.45, 7) is 10.4. The van der Waals surface area contributed by atoms with E-state index in [9.17, 15) is 4.79 Å². The minimum Gasteiger partial charge on any atom is -0.378 e. The summed E-state index contributed by atoms with van der Waals surface area (Å²) in [5.74, 6) is 0.121. The molecule has 0 radical (unpaired) electrons. The number of hydrogen-bond acceptors (Lipinski definition) is 6. The number of ether oxygens (including phenoxy) is 2. The third-order valence-corrected chi connectivity index (χ3v) is 4.55. The van der Waals surface area contributed by atoms with Crippen molar-refractivity contribution in [2.45, 2.75) is 12.1 Å². The Morgan fingerprint density at radius 1 is 0.952 bits per heavy atom. The summed E-state index contributed by atoms with van der Waals surface area (Å²) in [6.07, 6.45) is 0. The number of nitrogens with zero attached hydrogens (tertiary/aromatic N) is 2. The minimum absolute atomic E-state index is 0.0162. The molecule has 4 rings (SSSR count). The largest absolute Gasteiger partial charge is 0.378 e. The molecule has 4 aliphatic rings. The van der Waals surface area contributed by atoms with E-state index < -0.39 is 0 Å². The Morgan fingerprint density at radius 3 is 2.52 bits per heavy atom. The monoisotopic (exact) mass is 298 g/mol. The zero-order chi connectivity index (χ0) is 14.5. The lowest BCUT2D eigenvalue weighted by atomic mass is 10.1. The van der Waals surface area contributed by atoms with Crippen molar-refractivity contribution in [2.75, 3.05) is 72.2 Å². The highest BCUT2D eigenvalue weighted by Gasteiger charge is 2.31. The Labute approximate surface area is 125 Å². The van der Waals surface area contributed by atoms with Crippen molar-refractivity contribution in [1.82, 2.24) is 20.4 Å². The SMILES string of the molecule is C1CN2CCOCC2CN1.O=C1NCCN2CCOCC12. The molecule has 7 nitrogen and oxygen atoms in total. The van der Waals surface area contributed by atoms with E-state index >= 15 is 0 Å². The van der Waals surface area contributed by atoms with Crippen molar-refractivity contribution in [3.63, 3.8) is 0 Å². The van der Waals surface area contributed by atoms with Crippen LogP contribution < -0.4 is 10.6 Å². The van der Waals surface area contributed by atoms with Crippen LogP contribution in [0.5, 0.6) is 0 Å². The van der Waals surface area contributed by atoms with Crippen molar-refractivity contribution in [3.05, 3.63) is 0 Å². The smallest absolute Gasteiger partial charge is 0.239 e. The molecule has 120 valence electrons. The first-order valence-corrected chi connectivity index (χ1v) is 7.96. The lowest BCUT2D eigenvalue weighted by molar-refractivity contribution is -0.136. The first-order chi connectivity index (χ1) is 10.3. The van der Waals surface area contributed by atoms with E-state index in [1.807, 2.05) is 0 Å². The van der Waals surface area contributed by atoms with Crippen molar-refractivity contribution in [3.8, 4) is 0 Å². The van der Waals surface area contributed by atoms with E-state index in [1.165, 1.54) is 6.54 Å². The molecule has 21 heavy (non-hydrogen) atoms. The molecule has 0 aliphatic carbocycles. The molecule has 2 unspecified atom stereocenters. The van der Waals surface area contributed by atoms with Gasteiger partial charge in [-0.15, -0.1) is 0 Å². The molecule has 4 aliphatic heterocycles. The van der Waals surface area contributed by atoms with Crippen LogP contribution in [0.2, 0.25) is 0 Å². The first kappa shape index (κ1) is 15.2. The molecule has 2 N–H and O–H groups in total. The van der Waals surface area contributed by atoms with Crippen LogP contribution in [-0.4, -0.2) is 100 Å². The van der Waals surface area contributed by atoms with Gasteiger partial charge in [-0.05, 0) is 0 Å². The van der Waals surface area contributed by atoms with Crippen LogP contribution in [0.3, 0.4) is 0 Å². The number of fused-ring (bicyclic) bond motifs is 2. The minimum atomic E-state index is -0.0162. The molecule has 4 heterocycles. The second kappa shape index (κ2) is 7.51. The third-order valence-electron chi connectivity index (χ3n) is 4.55. The summed E-state index contributed by atoms with van der Waals surface area (Å²) in [6, 6.07) is 0.639. The molecular weight excluding hydrogens is 272 g/mol. The predicted octanol–water partition coefficient (Wildman–Crippen LogP) is -1.89. The molecule has 1 amide bonds. The Balaban J connectivity index is 0.000000126. The van der Waals surface area contributed by atoms with E-state index in [2.05, 4.69) is 20.4 Å². The van der Waals surface area contributed by atoms with Gasteiger partial charge < -0.3 is 20.1 Å². The maximum Gasteiger partial charge on any atom is 0.239 e. The number of carbonyl (C=O) groups is 1. The fourth-order valence-electron chi connectivity index (χ4n) is 3.25. The van der Waals surface area contributed by atoms with Crippen LogP contribution in [-0.2, 0) is 14.3 Å². The second-order valence-corrected chi connectivity index (χ2v) is 5.89. The van der Waals surface area contributed by atoms with E-state index in [0.717, 1.165) is 59.1 Å². The number of carbonyl (C=O) groups excluding carboxylic acids is 1. The van der Waals surface area contributed by atoms with E-state index in [4.69, 9.17) is 9.47 Å². The number of nitrogens with one attached hydrogen (secondary N) is 2. The van der Waals surface area contributed by atoms with Gasteiger partial charge in [-0.25, -0.2) is 0 Å². The fraction of sp³-hybridized carbons (Fsp3) is 0.929. The van der Waals surface area contributed by atoms with Gasteiger partial charge in [0.2, 0.25) is 5.91 Å². The molecule has 7 heteroatoms. The van der Waals surface area contributed by atoms with Crippen molar-refractivity contribution < 1.29 is 14.3 Å². The normalized spacial score (nSPS) is 34.0. The molecule has 2 atom stereocenters. The van der Waals surface area contributed by atoms with Crippen molar-refractivity contribution in [2.24, 2.45) is 0 Å². The zero-order valence-electron chi connectivity index (χ0n) is 12.6. The van der Waals surface area contributed by atoms with Crippen LogP contribution in [0.15, 0.2) is 0 Å². The van der Waals surface area contributed by atoms with Gasteiger partial charge in [-0.1, -0.05) is 0 Å². The van der Waals surface area contributed by atoms with Gasteiger partial charge in [0, 0.05) is 51.9 Å². The summed E-state index contributed by atoms with van der Waals surface area (Å²) in [4.78, 5) is 15.9. The highest BCUT2D eigenvalue weighted by Crippen LogP contribution is 2.09. The first-order valence-electron chi connectivity index (χ1n) is 7.96. The summed E-state index contributed by atoms with van der Waals surface area (Å²) in [5.41, 5.74) is 0. The molecule has 0 saturated carbocycles. The number of rotatable bonds is 0. The standard InChI is InChI=1S/C7H12N2O2.C7H14N2O/c10-7-6-5-11-4-3-9(6)2-1-8-7;1-2-9-3-4-10-6-7(9)5-8-1/h6H,1-5H2,(H,8,10);7-8H,1-6H2. The molecule has 0 spiro atoms. The molecule has 0 bridgehead atoms. The van der Waals surface area contributed by atoms with Gasteiger partial charge in [-0.2, -0.15) is 0 Å². The lowest BCUT2D eigenvalue weighted by Gasteiger charge is -2.39. The Kier molecular flexibility index (Phi) is 5.43. The topological polar surface area (TPSA) is 66.1 Å². The Morgan fingerprint density at radius 2 is 1.71 bits per heavy atom. The third kappa shape index (κ3) is 3.92. The zero-order valence-corrected chi connectivity index (χ0v) is 12.6. The number of morpholine rings is 2. The Bertz CT molecular complexity index is 327. The van der Waals surface area contributed by atoms with Gasteiger partial charge in [0.05, 0.1) is 26.4 Å². The van der Waals surface area contributed by atoms with Crippen molar-refractivity contribution >= 4 is 5.91 Å². The quantitative estimate of drug-likeness (QED) is 0.545. The van der Waals surface area contributed by atoms with E-state index in [-0.39, 0.29) is 11.9 Å². The number of piperazine rings is 2.